The lowest BCUT2D eigenvalue weighted by Gasteiger charge is -1.91. The average Bonchev–Trinajstić information content (AvgIpc) is 1.82. The van der Waals surface area contributed by atoms with E-state index in [-0.39, 0.29) is 5.97 Å². The summed E-state index contributed by atoms with van der Waals surface area (Å²) in [6, 6.07) is 0. The summed E-state index contributed by atoms with van der Waals surface area (Å²) in [5, 5.41) is 0. The highest BCUT2D eigenvalue weighted by atomic mass is 35.6. The molecule has 0 bridgehead atoms. The fourth-order valence-electron chi connectivity index (χ4n) is 0.174. The molecule has 6 heteroatoms. The molecule has 0 heterocycles. The predicted molar refractivity (Wildman–Crippen MR) is 53.0 cm³/mol. The maximum atomic E-state index is 10.2. The van der Waals surface area contributed by atoms with Crippen LogP contribution in [0.5, 0.6) is 0 Å². The lowest BCUT2D eigenvalue weighted by molar-refractivity contribution is -0.136. The molecule has 12 heavy (non-hydrogen) atoms. The molecule has 0 atom stereocenters. The van der Waals surface area contributed by atoms with E-state index in [1.165, 1.54) is 7.11 Å². The zero-order valence-electron chi connectivity index (χ0n) is 6.54. The number of halogens is 4. The summed E-state index contributed by atoms with van der Waals surface area (Å²) in [7, 11) is 1.33. The Morgan fingerprint density at radius 3 is 1.58 bits per heavy atom. The smallest absolute Gasteiger partial charge is 0.332 e. The van der Waals surface area contributed by atoms with Crippen molar-refractivity contribution in [3.8, 4) is 0 Å². The molecule has 0 N–H and O–H groups in total. The molecule has 2 nitrogen and oxygen atoms in total. The van der Waals surface area contributed by atoms with Crippen molar-refractivity contribution in [3.05, 3.63) is 12.2 Å². The maximum Gasteiger partial charge on any atom is 0.332 e. The molecule has 0 saturated heterocycles. The Kier molecular flexibility index (Phi) is 8.48. The van der Waals surface area contributed by atoms with Crippen LogP contribution in [0, 0.1) is 0 Å². The first kappa shape index (κ1) is 14.9. The normalized spacial score (nSPS) is 9.50. The number of alkyl halides is 4. The molecule has 0 fully saturated rings. The van der Waals surface area contributed by atoms with Crippen LogP contribution in [0.2, 0.25) is 0 Å². The topological polar surface area (TPSA) is 26.3 Å². The molecule has 0 aromatic carbocycles. The number of carbonyl (C=O) groups is 1. The summed E-state index contributed by atoms with van der Waals surface area (Å²) < 4.78 is 2.66. The Morgan fingerprint density at radius 2 is 1.58 bits per heavy atom. The Balaban J connectivity index is 0. The van der Waals surface area contributed by atoms with Crippen LogP contribution in [0.4, 0.5) is 0 Å². The van der Waals surface area contributed by atoms with Gasteiger partial charge in [0.1, 0.15) is 0 Å². The van der Waals surface area contributed by atoms with Crippen molar-refractivity contribution < 1.29 is 9.53 Å². The van der Waals surface area contributed by atoms with Crippen LogP contribution in [0.25, 0.3) is 0 Å². The Labute approximate surface area is 91.4 Å². The van der Waals surface area contributed by atoms with Gasteiger partial charge in [0.15, 0.2) is 0 Å². The zero-order valence-corrected chi connectivity index (χ0v) is 9.56. The van der Waals surface area contributed by atoms with E-state index in [4.69, 9.17) is 46.4 Å². The first-order valence-electron chi connectivity index (χ1n) is 2.68. The Bertz CT molecular complexity index is 155. The second kappa shape index (κ2) is 6.84. The lowest BCUT2D eigenvalue weighted by atomic mass is 10.4. The summed E-state index contributed by atoms with van der Waals surface area (Å²) in [6.45, 7) is 4.95. The maximum absolute atomic E-state index is 10.2. The quantitative estimate of drug-likeness (QED) is 0.407. The van der Waals surface area contributed by atoms with Gasteiger partial charge in [0.2, 0.25) is 0 Å². The third-order valence-corrected chi connectivity index (χ3v) is 0.534. The molecule has 72 valence electrons. The molecule has 0 unspecified atom stereocenters. The van der Waals surface area contributed by atoms with Crippen LogP contribution in [0.1, 0.15) is 6.92 Å². The fourth-order valence-corrected chi connectivity index (χ4v) is 0.174. The van der Waals surface area contributed by atoms with Crippen molar-refractivity contribution in [3.63, 3.8) is 0 Å². The summed E-state index contributed by atoms with van der Waals surface area (Å²) in [5.74, 6) is -0.347. The van der Waals surface area contributed by atoms with Gasteiger partial charge in [-0.3, -0.25) is 0 Å². The highest BCUT2D eigenvalue weighted by Gasteiger charge is 2.11. The second-order valence-electron chi connectivity index (χ2n) is 1.70. The number of hydrogen-bond acceptors (Lipinski definition) is 2. The van der Waals surface area contributed by atoms with Gasteiger partial charge in [0.25, 0.3) is 3.25 Å². The van der Waals surface area contributed by atoms with Crippen molar-refractivity contribution in [1.29, 1.82) is 0 Å². The molecule has 0 aliphatic carbocycles. The van der Waals surface area contributed by atoms with Gasteiger partial charge in [0, 0.05) is 5.57 Å². The Morgan fingerprint density at radius 1 is 1.33 bits per heavy atom. The van der Waals surface area contributed by atoms with E-state index in [1.807, 2.05) is 0 Å². The molecule has 0 saturated carbocycles. The van der Waals surface area contributed by atoms with E-state index in [0.717, 1.165) is 0 Å². The number of ether oxygens (including phenoxy) is 1. The molecule has 0 radical (unpaired) electrons. The molecule has 0 aromatic heterocycles. The van der Waals surface area contributed by atoms with Crippen LogP contribution < -0.4 is 0 Å². The molecule has 0 rings (SSSR count). The van der Waals surface area contributed by atoms with E-state index in [2.05, 4.69) is 11.3 Å². The fraction of sp³-hybridized carbons (Fsp3) is 0.500. The van der Waals surface area contributed by atoms with Crippen molar-refractivity contribution in [2.75, 3.05) is 7.11 Å². The van der Waals surface area contributed by atoms with Gasteiger partial charge in [-0.15, -0.1) is 0 Å². The lowest BCUT2D eigenvalue weighted by Crippen LogP contribution is -1.98. The summed E-state index contributed by atoms with van der Waals surface area (Å²) >= 11 is 19.3. The highest BCUT2D eigenvalue weighted by molar-refractivity contribution is 6.83. The van der Waals surface area contributed by atoms with Gasteiger partial charge in [-0.25, -0.2) is 4.79 Å². The summed E-state index contributed by atoms with van der Waals surface area (Å²) in [4.78, 5) is 10.2. The van der Waals surface area contributed by atoms with Gasteiger partial charge >= 0.3 is 5.97 Å². The number of methoxy groups -OCH3 is 1. The average molecular weight is 254 g/mol. The minimum atomic E-state index is -1.61. The molecule has 0 aliphatic heterocycles. The third kappa shape index (κ3) is 22.4. The monoisotopic (exact) mass is 252 g/mol. The predicted octanol–water partition coefficient (Wildman–Crippen LogP) is 3.29. The van der Waals surface area contributed by atoms with Gasteiger partial charge in [-0.1, -0.05) is 53.0 Å². The molecular formula is C6H8Cl4O2. The van der Waals surface area contributed by atoms with Crippen LogP contribution in [-0.4, -0.2) is 16.3 Å². The number of carbonyl (C=O) groups excluding carboxylic acids is 1. The standard InChI is InChI=1S/C5H8O2.CCl4/c1-4(2)5(6)7-3;2-1(3,4)5/h1H2,2-3H3;. The largest absolute Gasteiger partial charge is 0.466 e. The molecule has 0 aliphatic rings. The number of rotatable bonds is 1. The van der Waals surface area contributed by atoms with Crippen LogP contribution in [-0.2, 0) is 9.53 Å². The molecule has 0 spiro atoms. The van der Waals surface area contributed by atoms with Gasteiger partial charge in [-0.05, 0) is 6.92 Å². The Hall–Kier alpha value is 0.370. The van der Waals surface area contributed by atoms with E-state index >= 15 is 0 Å². The molecule has 0 aromatic rings. The number of esters is 1. The van der Waals surface area contributed by atoms with Gasteiger partial charge < -0.3 is 4.74 Å². The first-order chi connectivity index (χ1) is 5.18. The van der Waals surface area contributed by atoms with Crippen molar-refractivity contribution in [1.82, 2.24) is 0 Å². The summed E-state index contributed by atoms with van der Waals surface area (Å²) in [6.07, 6.45) is 0. The van der Waals surface area contributed by atoms with Crippen LogP contribution in [0.15, 0.2) is 12.2 Å². The second-order valence-corrected chi connectivity index (χ2v) is 5.13. The van der Waals surface area contributed by atoms with E-state index in [1.54, 1.807) is 6.92 Å². The van der Waals surface area contributed by atoms with Gasteiger partial charge in [0.05, 0.1) is 7.11 Å². The third-order valence-electron chi connectivity index (χ3n) is 0.534. The van der Waals surface area contributed by atoms with Crippen molar-refractivity contribution in [2.24, 2.45) is 0 Å². The van der Waals surface area contributed by atoms with E-state index in [0.29, 0.717) is 5.57 Å². The van der Waals surface area contributed by atoms with Gasteiger partial charge in [-0.2, -0.15) is 0 Å². The zero-order chi connectivity index (χ0) is 10.4. The van der Waals surface area contributed by atoms with Crippen molar-refractivity contribution >= 4 is 52.4 Å². The molecule has 0 amide bonds. The van der Waals surface area contributed by atoms with Crippen LogP contribution >= 0.6 is 46.4 Å². The minimum Gasteiger partial charge on any atom is -0.466 e. The highest BCUT2D eigenvalue weighted by Crippen LogP contribution is 2.29. The first-order valence-corrected chi connectivity index (χ1v) is 4.19. The van der Waals surface area contributed by atoms with Crippen molar-refractivity contribution in [2.45, 2.75) is 10.2 Å². The SMILES string of the molecule is C=C(C)C(=O)OC.ClC(Cl)(Cl)Cl. The minimum absolute atomic E-state index is 0.347. The number of hydrogen-bond donors (Lipinski definition) is 0. The van der Waals surface area contributed by atoms with E-state index < -0.39 is 3.25 Å². The molecular weight excluding hydrogens is 246 g/mol. The van der Waals surface area contributed by atoms with Crippen LogP contribution in [0.3, 0.4) is 0 Å². The summed E-state index contributed by atoms with van der Waals surface area (Å²) in [5.41, 5.74) is 0.433. The van der Waals surface area contributed by atoms with E-state index in [9.17, 15) is 4.79 Å².